The lowest BCUT2D eigenvalue weighted by Crippen LogP contribution is -1.92. The summed E-state index contributed by atoms with van der Waals surface area (Å²) in [6.07, 6.45) is 0. The Balaban J connectivity index is 1.94. The quantitative estimate of drug-likeness (QED) is 0.516. The lowest BCUT2D eigenvalue weighted by atomic mass is 10.1. The molecule has 3 aromatic rings. The molecule has 0 unspecified atom stereocenters. The molecule has 0 fully saturated rings. The molecule has 0 atom stereocenters. The van der Waals surface area contributed by atoms with Gasteiger partial charge in [0.05, 0.1) is 4.92 Å². The van der Waals surface area contributed by atoms with Gasteiger partial charge in [0, 0.05) is 15.9 Å². The first kappa shape index (κ1) is 14.1. The molecule has 0 N–H and O–H groups in total. The van der Waals surface area contributed by atoms with Crippen molar-refractivity contribution in [3.8, 4) is 6.07 Å². The van der Waals surface area contributed by atoms with Crippen molar-refractivity contribution >= 4 is 28.2 Å². The van der Waals surface area contributed by atoms with Gasteiger partial charge in [-0.25, -0.2) is 0 Å². The van der Waals surface area contributed by atoms with Crippen LogP contribution in [0.1, 0.15) is 5.56 Å². The van der Waals surface area contributed by atoms with Crippen LogP contribution in [0.3, 0.4) is 0 Å². The van der Waals surface area contributed by atoms with E-state index >= 15 is 0 Å². The zero-order valence-electron chi connectivity index (χ0n) is 11.4. The van der Waals surface area contributed by atoms with Crippen molar-refractivity contribution < 1.29 is 4.92 Å². The van der Waals surface area contributed by atoms with Gasteiger partial charge in [-0.2, -0.15) is 5.26 Å². The molecule has 0 aliphatic heterocycles. The summed E-state index contributed by atoms with van der Waals surface area (Å²) in [6.45, 7) is 0. The van der Waals surface area contributed by atoms with Gasteiger partial charge in [0.1, 0.15) is 11.6 Å². The van der Waals surface area contributed by atoms with Crippen LogP contribution in [0.25, 0.3) is 10.8 Å². The van der Waals surface area contributed by atoms with E-state index in [0.717, 1.165) is 20.6 Å². The van der Waals surface area contributed by atoms with Gasteiger partial charge in [0.15, 0.2) is 0 Å². The molecule has 0 saturated heterocycles. The third-order valence-electron chi connectivity index (χ3n) is 3.24. The molecule has 0 spiro atoms. The maximum atomic E-state index is 10.8. The summed E-state index contributed by atoms with van der Waals surface area (Å²) in [4.78, 5) is 12.1. The van der Waals surface area contributed by atoms with Gasteiger partial charge in [0.2, 0.25) is 0 Å². The highest BCUT2D eigenvalue weighted by Crippen LogP contribution is 2.32. The topological polar surface area (TPSA) is 66.9 Å². The first-order chi connectivity index (χ1) is 10.7. The molecule has 0 aromatic heterocycles. The van der Waals surface area contributed by atoms with Crippen LogP contribution >= 0.6 is 11.8 Å². The fraction of sp³-hybridized carbons (Fsp3) is 0. The first-order valence-electron chi connectivity index (χ1n) is 6.52. The summed E-state index contributed by atoms with van der Waals surface area (Å²) < 4.78 is 0. The van der Waals surface area contributed by atoms with E-state index in [1.54, 1.807) is 12.1 Å². The molecule has 0 aliphatic carbocycles. The Morgan fingerprint density at radius 1 is 0.955 bits per heavy atom. The normalized spacial score (nSPS) is 10.3. The van der Waals surface area contributed by atoms with Crippen molar-refractivity contribution in [1.82, 2.24) is 0 Å². The number of nitro groups is 1. The van der Waals surface area contributed by atoms with Crippen molar-refractivity contribution in [2.75, 3.05) is 0 Å². The summed E-state index contributed by atoms with van der Waals surface area (Å²) in [5.74, 6) is 0. The molecule has 0 radical (unpaired) electrons. The molecule has 0 saturated carbocycles. The Morgan fingerprint density at radius 2 is 1.64 bits per heavy atom. The average Bonchev–Trinajstić information content (AvgIpc) is 2.54. The van der Waals surface area contributed by atoms with Gasteiger partial charge in [-0.1, -0.05) is 42.1 Å². The smallest absolute Gasteiger partial charge is 0.258 e. The number of nitriles is 1. The maximum absolute atomic E-state index is 10.8. The first-order valence-corrected chi connectivity index (χ1v) is 7.34. The summed E-state index contributed by atoms with van der Waals surface area (Å²) in [6, 6.07) is 20.6. The second-order valence-corrected chi connectivity index (χ2v) is 5.81. The van der Waals surface area contributed by atoms with Crippen LogP contribution in [-0.2, 0) is 0 Å². The van der Waals surface area contributed by atoms with E-state index in [0.29, 0.717) is 0 Å². The number of fused-ring (bicyclic) bond motifs is 1. The van der Waals surface area contributed by atoms with Gasteiger partial charge in [0.25, 0.3) is 5.69 Å². The fourth-order valence-corrected chi connectivity index (χ4v) is 3.10. The predicted molar refractivity (Wildman–Crippen MR) is 85.9 cm³/mol. The highest BCUT2D eigenvalue weighted by molar-refractivity contribution is 7.99. The maximum Gasteiger partial charge on any atom is 0.287 e. The largest absolute Gasteiger partial charge is 0.287 e. The SMILES string of the molecule is N#Cc1cc(Sc2ccc3ccccc3c2)ccc1[N+](=O)[O-]. The van der Waals surface area contributed by atoms with E-state index in [-0.39, 0.29) is 11.3 Å². The Hall–Kier alpha value is -2.84. The Bertz CT molecular complexity index is 916. The number of nitrogens with zero attached hydrogens (tertiary/aromatic N) is 2. The Morgan fingerprint density at radius 3 is 2.36 bits per heavy atom. The predicted octanol–water partition coefficient (Wildman–Crippen LogP) is 4.77. The molecular formula is C17H10N2O2S. The van der Waals surface area contributed by atoms with Gasteiger partial charge in [-0.15, -0.1) is 0 Å². The third kappa shape index (κ3) is 2.78. The van der Waals surface area contributed by atoms with E-state index in [4.69, 9.17) is 5.26 Å². The van der Waals surface area contributed by atoms with Crippen LogP contribution in [0.2, 0.25) is 0 Å². The molecular weight excluding hydrogens is 296 g/mol. The zero-order chi connectivity index (χ0) is 15.5. The summed E-state index contributed by atoms with van der Waals surface area (Å²) in [5.41, 5.74) is -0.0823. The van der Waals surface area contributed by atoms with Gasteiger partial charge < -0.3 is 0 Å². The molecule has 0 heterocycles. The second kappa shape index (κ2) is 5.88. The van der Waals surface area contributed by atoms with E-state index in [1.165, 1.54) is 17.8 Å². The van der Waals surface area contributed by atoms with Crippen LogP contribution < -0.4 is 0 Å². The summed E-state index contributed by atoms with van der Waals surface area (Å²) in [5, 5.41) is 22.2. The average molecular weight is 306 g/mol. The minimum atomic E-state index is -0.539. The molecule has 22 heavy (non-hydrogen) atoms. The minimum absolute atomic E-state index is 0.0794. The standard InChI is InChI=1S/C17H10N2O2S/c18-11-14-10-16(7-8-17(14)19(20)21)22-15-6-5-12-3-1-2-4-13(12)9-15/h1-10H. The van der Waals surface area contributed by atoms with Crippen molar-refractivity contribution in [1.29, 1.82) is 5.26 Å². The van der Waals surface area contributed by atoms with E-state index in [9.17, 15) is 10.1 Å². The molecule has 0 bridgehead atoms. The highest BCUT2D eigenvalue weighted by atomic mass is 32.2. The van der Waals surface area contributed by atoms with Crippen molar-refractivity contribution in [3.05, 3.63) is 76.3 Å². The summed E-state index contributed by atoms with van der Waals surface area (Å²) in [7, 11) is 0. The van der Waals surface area contributed by atoms with Crippen LogP contribution in [0.4, 0.5) is 5.69 Å². The molecule has 3 aromatic carbocycles. The minimum Gasteiger partial charge on any atom is -0.258 e. The van der Waals surface area contributed by atoms with Crippen LogP contribution in [-0.4, -0.2) is 4.92 Å². The number of rotatable bonds is 3. The van der Waals surface area contributed by atoms with E-state index in [1.807, 2.05) is 42.5 Å². The number of nitro benzene ring substituents is 1. The molecule has 0 aliphatic rings. The lowest BCUT2D eigenvalue weighted by Gasteiger charge is -2.04. The fourth-order valence-electron chi connectivity index (χ4n) is 2.19. The zero-order valence-corrected chi connectivity index (χ0v) is 12.2. The van der Waals surface area contributed by atoms with Crippen LogP contribution in [0, 0.1) is 21.4 Å². The van der Waals surface area contributed by atoms with Crippen LogP contribution in [0.5, 0.6) is 0 Å². The molecule has 3 rings (SSSR count). The van der Waals surface area contributed by atoms with E-state index < -0.39 is 4.92 Å². The highest BCUT2D eigenvalue weighted by Gasteiger charge is 2.14. The van der Waals surface area contributed by atoms with Gasteiger partial charge in [-0.05, 0) is 35.0 Å². The van der Waals surface area contributed by atoms with Crippen molar-refractivity contribution in [3.63, 3.8) is 0 Å². The van der Waals surface area contributed by atoms with Crippen molar-refractivity contribution in [2.24, 2.45) is 0 Å². The summed E-state index contributed by atoms with van der Waals surface area (Å²) >= 11 is 1.48. The monoisotopic (exact) mass is 306 g/mol. The van der Waals surface area contributed by atoms with Gasteiger partial charge >= 0.3 is 0 Å². The lowest BCUT2D eigenvalue weighted by molar-refractivity contribution is -0.385. The Labute approximate surface area is 131 Å². The van der Waals surface area contributed by atoms with Crippen molar-refractivity contribution in [2.45, 2.75) is 9.79 Å². The van der Waals surface area contributed by atoms with Crippen LogP contribution in [0.15, 0.2) is 70.5 Å². The molecule has 4 nitrogen and oxygen atoms in total. The third-order valence-corrected chi connectivity index (χ3v) is 4.22. The van der Waals surface area contributed by atoms with E-state index in [2.05, 4.69) is 6.07 Å². The molecule has 106 valence electrons. The molecule has 0 amide bonds. The van der Waals surface area contributed by atoms with Gasteiger partial charge in [-0.3, -0.25) is 10.1 Å². The second-order valence-electron chi connectivity index (χ2n) is 4.66. The Kier molecular flexibility index (Phi) is 3.77. The number of hydrogen-bond acceptors (Lipinski definition) is 4. The number of benzene rings is 3. The number of hydrogen-bond donors (Lipinski definition) is 0. The molecule has 5 heteroatoms.